The van der Waals surface area contributed by atoms with Crippen molar-refractivity contribution in [3.05, 3.63) is 59.2 Å². The van der Waals surface area contributed by atoms with E-state index in [1.54, 1.807) is 24.3 Å². The number of aryl methyl sites for hydroxylation is 2. The number of amides is 2. The second-order valence-corrected chi connectivity index (χ2v) is 6.41. The summed E-state index contributed by atoms with van der Waals surface area (Å²) in [7, 11) is 0. The Kier molecular flexibility index (Phi) is 6.78. The fourth-order valence-corrected chi connectivity index (χ4v) is 2.33. The van der Waals surface area contributed by atoms with Crippen LogP contribution in [0.1, 0.15) is 41.8 Å². The molecule has 0 aliphatic rings. The minimum absolute atomic E-state index is 0.0689. The average Bonchev–Trinajstić information content (AvgIpc) is 2.63. The maximum Gasteiger partial charge on any atom is 0.262 e. The molecule has 0 fully saturated rings. The van der Waals surface area contributed by atoms with Crippen molar-refractivity contribution in [1.82, 2.24) is 5.32 Å². The number of rotatable bonds is 7. The third kappa shape index (κ3) is 5.34. The average molecular weight is 354 g/mol. The van der Waals surface area contributed by atoms with Gasteiger partial charge in [0.2, 0.25) is 0 Å². The zero-order valence-corrected chi connectivity index (χ0v) is 15.8. The van der Waals surface area contributed by atoms with Crippen LogP contribution in [-0.2, 0) is 4.79 Å². The van der Waals surface area contributed by atoms with E-state index < -0.39 is 0 Å². The molecule has 1 unspecified atom stereocenters. The molecule has 0 heterocycles. The van der Waals surface area contributed by atoms with E-state index >= 15 is 0 Å². The summed E-state index contributed by atoms with van der Waals surface area (Å²) in [5, 5.41) is 5.66. The zero-order valence-electron chi connectivity index (χ0n) is 15.8. The summed E-state index contributed by atoms with van der Waals surface area (Å²) in [5.41, 5.74) is 3.19. The van der Waals surface area contributed by atoms with Crippen LogP contribution in [0.25, 0.3) is 0 Å². The van der Waals surface area contributed by atoms with E-state index in [2.05, 4.69) is 10.6 Å². The van der Waals surface area contributed by atoms with Gasteiger partial charge in [-0.3, -0.25) is 9.59 Å². The van der Waals surface area contributed by atoms with Crippen molar-refractivity contribution < 1.29 is 14.3 Å². The fraction of sp³-hybridized carbons (Fsp3) is 0.333. The predicted octanol–water partition coefficient (Wildman–Crippen LogP) is 3.85. The van der Waals surface area contributed by atoms with Crippen LogP contribution in [0.2, 0.25) is 0 Å². The summed E-state index contributed by atoms with van der Waals surface area (Å²) in [4.78, 5) is 24.6. The fourth-order valence-electron chi connectivity index (χ4n) is 2.33. The lowest BCUT2D eigenvalue weighted by Gasteiger charge is -2.15. The minimum Gasteiger partial charge on any atom is -0.484 e. The molecule has 26 heavy (non-hydrogen) atoms. The monoisotopic (exact) mass is 354 g/mol. The SMILES string of the molecule is CCC(C)NC(=O)c1ccccc1NC(=O)COc1ccc(C)c(C)c1. The van der Waals surface area contributed by atoms with Gasteiger partial charge in [-0.05, 0) is 62.6 Å². The Bertz CT molecular complexity index is 787. The topological polar surface area (TPSA) is 67.4 Å². The number of hydrogen-bond acceptors (Lipinski definition) is 3. The first-order chi connectivity index (χ1) is 12.4. The minimum atomic E-state index is -0.313. The Morgan fingerprint density at radius 2 is 1.81 bits per heavy atom. The molecule has 0 aliphatic heterocycles. The van der Waals surface area contributed by atoms with Gasteiger partial charge < -0.3 is 15.4 Å². The number of ether oxygens (including phenoxy) is 1. The van der Waals surface area contributed by atoms with Gasteiger partial charge in [-0.1, -0.05) is 25.1 Å². The van der Waals surface area contributed by atoms with Gasteiger partial charge in [0.1, 0.15) is 5.75 Å². The van der Waals surface area contributed by atoms with Crippen molar-refractivity contribution in [2.24, 2.45) is 0 Å². The molecule has 2 N–H and O–H groups in total. The summed E-state index contributed by atoms with van der Waals surface area (Å²) >= 11 is 0. The highest BCUT2D eigenvalue weighted by Gasteiger charge is 2.14. The highest BCUT2D eigenvalue weighted by Crippen LogP contribution is 2.18. The smallest absolute Gasteiger partial charge is 0.262 e. The lowest BCUT2D eigenvalue weighted by Crippen LogP contribution is -2.33. The van der Waals surface area contributed by atoms with Crippen molar-refractivity contribution in [3.8, 4) is 5.75 Å². The molecule has 0 aromatic heterocycles. The van der Waals surface area contributed by atoms with Crippen molar-refractivity contribution in [1.29, 1.82) is 0 Å². The molecule has 0 aliphatic carbocycles. The van der Waals surface area contributed by atoms with E-state index in [9.17, 15) is 9.59 Å². The summed E-state index contributed by atoms with van der Waals surface area (Å²) in [6.07, 6.45) is 0.837. The second-order valence-electron chi connectivity index (χ2n) is 6.41. The van der Waals surface area contributed by atoms with Crippen LogP contribution >= 0.6 is 0 Å². The van der Waals surface area contributed by atoms with Crippen molar-refractivity contribution in [2.75, 3.05) is 11.9 Å². The van der Waals surface area contributed by atoms with Crippen LogP contribution in [0.4, 0.5) is 5.69 Å². The molecule has 2 aromatic rings. The Labute approximate surface area is 154 Å². The van der Waals surface area contributed by atoms with Gasteiger partial charge in [0.15, 0.2) is 6.61 Å². The third-order valence-corrected chi connectivity index (χ3v) is 4.28. The lowest BCUT2D eigenvalue weighted by atomic mass is 10.1. The number of carbonyl (C=O) groups is 2. The van der Waals surface area contributed by atoms with Gasteiger partial charge in [-0.15, -0.1) is 0 Å². The Balaban J connectivity index is 2.00. The number of carbonyl (C=O) groups excluding carboxylic acids is 2. The summed E-state index contributed by atoms with van der Waals surface area (Å²) in [6, 6.07) is 12.7. The van der Waals surface area contributed by atoms with Crippen molar-refractivity contribution >= 4 is 17.5 Å². The molecular formula is C21H26N2O3. The quantitative estimate of drug-likeness (QED) is 0.794. The van der Waals surface area contributed by atoms with E-state index in [1.807, 2.05) is 45.9 Å². The Hall–Kier alpha value is -2.82. The summed E-state index contributed by atoms with van der Waals surface area (Å²) < 4.78 is 5.55. The molecule has 0 spiro atoms. The Morgan fingerprint density at radius 1 is 1.08 bits per heavy atom. The number of para-hydroxylation sites is 1. The zero-order chi connectivity index (χ0) is 19.1. The van der Waals surface area contributed by atoms with Crippen LogP contribution in [0.5, 0.6) is 5.75 Å². The molecule has 2 amide bonds. The molecule has 1 atom stereocenters. The number of nitrogens with one attached hydrogen (secondary N) is 2. The summed E-state index contributed by atoms with van der Waals surface area (Å²) in [6.45, 7) is 7.84. The van der Waals surface area contributed by atoms with Gasteiger partial charge in [0, 0.05) is 6.04 Å². The first-order valence-corrected chi connectivity index (χ1v) is 8.80. The number of hydrogen-bond donors (Lipinski definition) is 2. The molecule has 5 heteroatoms. The molecule has 2 aromatic carbocycles. The molecule has 0 bridgehead atoms. The van der Waals surface area contributed by atoms with Crippen LogP contribution in [0, 0.1) is 13.8 Å². The van der Waals surface area contributed by atoms with Crippen LogP contribution in [0.3, 0.4) is 0 Å². The molecule has 138 valence electrons. The predicted molar refractivity (Wildman–Crippen MR) is 104 cm³/mol. The number of benzene rings is 2. The van der Waals surface area contributed by atoms with Crippen molar-refractivity contribution in [3.63, 3.8) is 0 Å². The second kappa shape index (κ2) is 9.04. The van der Waals surface area contributed by atoms with Crippen LogP contribution < -0.4 is 15.4 Å². The van der Waals surface area contributed by atoms with E-state index in [0.29, 0.717) is 17.0 Å². The largest absolute Gasteiger partial charge is 0.484 e. The van der Waals surface area contributed by atoms with Crippen LogP contribution in [-0.4, -0.2) is 24.5 Å². The van der Waals surface area contributed by atoms with E-state index in [1.165, 1.54) is 5.56 Å². The maximum atomic E-state index is 12.4. The molecule has 2 rings (SSSR count). The molecule has 0 saturated carbocycles. The molecule has 0 saturated heterocycles. The number of anilines is 1. The van der Waals surface area contributed by atoms with Gasteiger partial charge in [-0.2, -0.15) is 0 Å². The van der Waals surface area contributed by atoms with Gasteiger partial charge in [0.05, 0.1) is 11.3 Å². The Morgan fingerprint density at radius 3 is 2.50 bits per heavy atom. The molecule has 5 nitrogen and oxygen atoms in total. The van der Waals surface area contributed by atoms with Crippen LogP contribution in [0.15, 0.2) is 42.5 Å². The van der Waals surface area contributed by atoms with Gasteiger partial charge >= 0.3 is 0 Å². The van der Waals surface area contributed by atoms with Gasteiger partial charge in [0.25, 0.3) is 11.8 Å². The molecular weight excluding hydrogens is 328 g/mol. The summed E-state index contributed by atoms with van der Waals surface area (Å²) in [5.74, 6) is 0.128. The molecule has 0 radical (unpaired) electrons. The first kappa shape index (κ1) is 19.5. The van der Waals surface area contributed by atoms with Crippen molar-refractivity contribution in [2.45, 2.75) is 40.2 Å². The maximum absolute atomic E-state index is 12.4. The van der Waals surface area contributed by atoms with E-state index in [-0.39, 0.29) is 24.5 Å². The lowest BCUT2D eigenvalue weighted by molar-refractivity contribution is -0.118. The van der Waals surface area contributed by atoms with Gasteiger partial charge in [-0.25, -0.2) is 0 Å². The third-order valence-electron chi connectivity index (χ3n) is 4.28. The normalized spacial score (nSPS) is 11.5. The highest BCUT2D eigenvalue weighted by atomic mass is 16.5. The van der Waals surface area contributed by atoms with E-state index in [4.69, 9.17) is 4.74 Å². The first-order valence-electron chi connectivity index (χ1n) is 8.80. The highest BCUT2D eigenvalue weighted by molar-refractivity contribution is 6.04. The standard InChI is InChI=1S/C21H26N2O3/c1-5-16(4)22-21(25)18-8-6-7-9-19(18)23-20(24)13-26-17-11-10-14(2)15(3)12-17/h6-12,16H,5,13H2,1-4H3,(H,22,25)(H,23,24). The van der Waals surface area contributed by atoms with E-state index in [0.717, 1.165) is 12.0 Å².